The Hall–Kier alpha value is -0.940. The van der Waals surface area contributed by atoms with Crippen molar-refractivity contribution in [1.29, 1.82) is 0 Å². The molecule has 1 N–H and O–H groups in total. The molecule has 5 heteroatoms. The average Bonchev–Trinajstić information content (AvgIpc) is 2.70. The number of aliphatic hydroxyl groups excluding tert-OH is 1. The summed E-state index contributed by atoms with van der Waals surface area (Å²) in [7, 11) is 0. The average molecular weight is 184 g/mol. The second-order valence-electron chi connectivity index (χ2n) is 3.08. The van der Waals surface area contributed by atoms with E-state index in [4.69, 9.17) is 14.4 Å². The fourth-order valence-electron chi connectivity index (χ4n) is 1.37. The van der Waals surface area contributed by atoms with Gasteiger partial charge in [0, 0.05) is 12.5 Å². The summed E-state index contributed by atoms with van der Waals surface area (Å²) >= 11 is 0. The highest BCUT2D eigenvalue weighted by Gasteiger charge is 2.22. The molecule has 72 valence electrons. The van der Waals surface area contributed by atoms with Gasteiger partial charge in [0.1, 0.15) is 0 Å². The highest BCUT2D eigenvalue weighted by molar-refractivity contribution is 4.97. The van der Waals surface area contributed by atoms with Crippen LogP contribution >= 0.6 is 0 Å². The van der Waals surface area contributed by atoms with Crippen LogP contribution in [0.5, 0.6) is 0 Å². The lowest BCUT2D eigenvalue weighted by atomic mass is 10.1. The molecule has 0 bridgehead atoms. The standard InChI is InChI=1S/C8H12N2O3/c11-3-1-7-9-8(10-13-7)6-2-4-12-5-6/h6,11H,1-5H2. The van der Waals surface area contributed by atoms with Crippen molar-refractivity contribution >= 4 is 0 Å². The molecule has 1 fully saturated rings. The first-order valence-electron chi connectivity index (χ1n) is 4.41. The minimum Gasteiger partial charge on any atom is -0.396 e. The Morgan fingerprint density at radius 2 is 2.46 bits per heavy atom. The largest absolute Gasteiger partial charge is 0.396 e. The van der Waals surface area contributed by atoms with Crippen LogP contribution in [0.25, 0.3) is 0 Å². The minimum atomic E-state index is 0.0444. The summed E-state index contributed by atoms with van der Waals surface area (Å²) in [6, 6.07) is 0. The second kappa shape index (κ2) is 3.85. The number of hydrogen-bond acceptors (Lipinski definition) is 5. The van der Waals surface area contributed by atoms with E-state index in [2.05, 4.69) is 10.1 Å². The summed E-state index contributed by atoms with van der Waals surface area (Å²) in [4.78, 5) is 4.16. The molecular weight excluding hydrogens is 172 g/mol. The topological polar surface area (TPSA) is 68.4 Å². The molecule has 0 saturated carbocycles. The van der Waals surface area contributed by atoms with Gasteiger partial charge in [0.05, 0.1) is 19.6 Å². The van der Waals surface area contributed by atoms with Crippen molar-refractivity contribution in [2.45, 2.75) is 18.8 Å². The molecule has 0 spiro atoms. The summed E-state index contributed by atoms with van der Waals surface area (Å²) in [6.45, 7) is 1.50. The number of aliphatic hydroxyl groups is 1. The van der Waals surface area contributed by atoms with E-state index in [9.17, 15) is 0 Å². The third-order valence-corrected chi connectivity index (χ3v) is 2.10. The van der Waals surface area contributed by atoms with E-state index in [1.165, 1.54) is 0 Å². The lowest BCUT2D eigenvalue weighted by molar-refractivity contribution is 0.192. The predicted molar refractivity (Wildman–Crippen MR) is 43.3 cm³/mol. The van der Waals surface area contributed by atoms with E-state index in [1.54, 1.807) is 0 Å². The molecule has 1 aliphatic rings. The summed E-state index contributed by atoms with van der Waals surface area (Å²) < 4.78 is 10.2. The second-order valence-corrected chi connectivity index (χ2v) is 3.08. The highest BCUT2D eigenvalue weighted by atomic mass is 16.5. The summed E-state index contributed by atoms with van der Waals surface area (Å²) in [5, 5.41) is 12.5. The number of ether oxygens (including phenoxy) is 1. The summed E-state index contributed by atoms with van der Waals surface area (Å²) in [5.74, 6) is 1.49. The minimum absolute atomic E-state index is 0.0444. The van der Waals surface area contributed by atoms with Crippen LogP contribution in [0.2, 0.25) is 0 Å². The van der Waals surface area contributed by atoms with Gasteiger partial charge < -0.3 is 14.4 Å². The molecule has 2 rings (SSSR count). The van der Waals surface area contributed by atoms with Crippen LogP contribution in [0.3, 0.4) is 0 Å². The number of rotatable bonds is 3. The van der Waals surface area contributed by atoms with Crippen LogP contribution in [-0.4, -0.2) is 35.1 Å². The van der Waals surface area contributed by atoms with Crippen LogP contribution in [-0.2, 0) is 11.2 Å². The quantitative estimate of drug-likeness (QED) is 0.722. The lowest BCUT2D eigenvalue weighted by Crippen LogP contribution is -2.00. The molecule has 0 amide bonds. The molecule has 1 saturated heterocycles. The van der Waals surface area contributed by atoms with Gasteiger partial charge in [-0.3, -0.25) is 0 Å². The zero-order chi connectivity index (χ0) is 9.10. The number of hydrogen-bond donors (Lipinski definition) is 1. The third-order valence-electron chi connectivity index (χ3n) is 2.10. The monoisotopic (exact) mass is 184 g/mol. The fraction of sp³-hybridized carbons (Fsp3) is 0.750. The first kappa shape index (κ1) is 8.65. The van der Waals surface area contributed by atoms with Gasteiger partial charge in [-0.15, -0.1) is 0 Å². The molecular formula is C8H12N2O3. The van der Waals surface area contributed by atoms with Gasteiger partial charge >= 0.3 is 0 Å². The van der Waals surface area contributed by atoms with E-state index < -0.39 is 0 Å². The third kappa shape index (κ3) is 1.87. The van der Waals surface area contributed by atoms with Gasteiger partial charge in [-0.05, 0) is 6.42 Å². The van der Waals surface area contributed by atoms with Crippen LogP contribution in [0.1, 0.15) is 24.1 Å². The molecule has 1 aromatic heterocycles. The van der Waals surface area contributed by atoms with Crippen LogP contribution in [0.4, 0.5) is 0 Å². The predicted octanol–water partition coefficient (Wildman–Crippen LogP) is 0.108. The Morgan fingerprint density at radius 1 is 1.54 bits per heavy atom. The molecule has 1 aliphatic heterocycles. The van der Waals surface area contributed by atoms with Gasteiger partial charge in [-0.1, -0.05) is 5.16 Å². The highest BCUT2D eigenvalue weighted by Crippen LogP contribution is 2.22. The van der Waals surface area contributed by atoms with Gasteiger partial charge in [0.2, 0.25) is 5.89 Å². The fourth-order valence-corrected chi connectivity index (χ4v) is 1.37. The van der Waals surface area contributed by atoms with Crippen LogP contribution in [0.15, 0.2) is 4.52 Å². The molecule has 1 atom stereocenters. The molecule has 1 unspecified atom stereocenters. The SMILES string of the molecule is OCCc1nc(C2CCOC2)no1. The summed E-state index contributed by atoms with van der Waals surface area (Å²) in [5.41, 5.74) is 0. The number of nitrogens with zero attached hydrogens (tertiary/aromatic N) is 2. The maximum atomic E-state index is 8.64. The van der Waals surface area contributed by atoms with Crippen molar-refractivity contribution in [1.82, 2.24) is 10.1 Å². The van der Waals surface area contributed by atoms with Crippen LogP contribution in [0, 0.1) is 0 Å². The maximum absolute atomic E-state index is 8.64. The van der Waals surface area contributed by atoms with Crippen molar-refractivity contribution in [2.75, 3.05) is 19.8 Å². The first-order chi connectivity index (χ1) is 6.40. The van der Waals surface area contributed by atoms with Crippen molar-refractivity contribution in [2.24, 2.45) is 0 Å². The maximum Gasteiger partial charge on any atom is 0.228 e. The van der Waals surface area contributed by atoms with Crippen molar-refractivity contribution in [3.8, 4) is 0 Å². The molecule has 5 nitrogen and oxygen atoms in total. The Kier molecular flexibility index (Phi) is 2.56. The molecule has 0 aliphatic carbocycles. The zero-order valence-electron chi connectivity index (χ0n) is 7.27. The Morgan fingerprint density at radius 3 is 3.15 bits per heavy atom. The molecule has 0 aromatic carbocycles. The van der Waals surface area contributed by atoms with E-state index in [0.29, 0.717) is 24.7 Å². The van der Waals surface area contributed by atoms with Gasteiger partial charge in [-0.2, -0.15) is 4.98 Å². The lowest BCUT2D eigenvalue weighted by Gasteiger charge is -1.97. The molecule has 2 heterocycles. The van der Waals surface area contributed by atoms with E-state index >= 15 is 0 Å². The van der Waals surface area contributed by atoms with Crippen LogP contribution < -0.4 is 0 Å². The van der Waals surface area contributed by atoms with E-state index in [-0.39, 0.29) is 12.5 Å². The Balaban J connectivity index is 2.03. The molecule has 1 aromatic rings. The summed E-state index contributed by atoms with van der Waals surface area (Å²) in [6.07, 6.45) is 1.39. The molecule has 0 radical (unpaired) electrons. The van der Waals surface area contributed by atoms with E-state index in [0.717, 1.165) is 13.0 Å². The number of aromatic nitrogens is 2. The normalized spacial score (nSPS) is 22.4. The smallest absolute Gasteiger partial charge is 0.228 e. The van der Waals surface area contributed by atoms with Crippen molar-refractivity contribution in [3.05, 3.63) is 11.7 Å². The van der Waals surface area contributed by atoms with E-state index in [1.807, 2.05) is 0 Å². The van der Waals surface area contributed by atoms with Gasteiger partial charge in [0.15, 0.2) is 5.82 Å². The van der Waals surface area contributed by atoms with Crippen molar-refractivity contribution in [3.63, 3.8) is 0 Å². The Bertz CT molecular complexity index is 268. The van der Waals surface area contributed by atoms with Crippen molar-refractivity contribution < 1.29 is 14.4 Å². The Labute approximate surface area is 75.7 Å². The molecule has 13 heavy (non-hydrogen) atoms. The van der Waals surface area contributed by atoms with Gasteiger partial charge in [-0.25, -0.2) is 0 Å². The van der Waals surface area contributed by atoms with Gasteiger partial charge in [0.25, 0.3) is 0 Å². The first-order valence-corrected chi connectivity index (χ1v) is 4.41. The zero-order valence-corrected chi connectivity index (χ0v) is 7.27.